The molecule has 7 heteroatoms. The van der Waals surface area contributed by atoms with Gasteiger partial charge in [0.05, 0.1) is 17.7 Å². The maximum atomic E-state index is 12.2. The number of aryl methyl sites for hydroxylation is 1. The molecule has 0 bridgehead atoms. The summed E-state index contributed by atoms with van der Waals surface area (Å²) in [6.45, 7) is 4.37. The van der Waals surface area contributed by atoms with Crippen molar-refractivity contribution in [2.45, 2.75) is 37.1 Å². The summed E-state index contributed by atoms with van der Waals surface area (Å²) in [4.78, 5) is 18.3. The second-order valence-corrected chi connectivity index (χ2v) is 6.75. The van der Waals surface area contributed by atoms with Crippen molar-refractivity contribution < 1.29 is 4.79 Å². The number of thioether (sulfide) groups is 1. The first-order valence-corrected chi connectivity index (χ1v) is 8.73. The highest BCUT2D eigenvalue weighted by atomic mass is 32.2. The Morgan fingerprint density at radius 2 is 2.12 bits per heavy atom. The van der Waals surface area contributed by atoms with Gasteiger partial charge in [-0.05, 0) is 18.9 Å². The summed E-state index contributed by atoms with van der Waals surface area (Å²) in [5.74, 6) is 0.659. The fraction of sp³-hybridized carbons (Fsp3) is 0.412. The highest BCUT2D eigenvalue weighted by Gasteiger charge is 2.20. The van der Waals surface area contributed by atoms with Gasteiger partial charge in [0.15, 0.2) is 5.82 Å². The number of nitrogens with one attached hydrogen (secondary N) is 1. The van der Waals surface area contributed by atoms with Gasteiger partial charge in [-0.15, -0.1) is 5.10 Å². The molecule has 0 saturated carbocycles. The van der Waals surface area contributed by atoms with Crippen molar-refractivity contribution in [2.24, 2.45) is 0 Å². The van der Waals surface area contributed by atoms with Crippen LogP contribution in [0, 0.1) is 11.3 Å². The largest absolute Gasteiger partial charge is 0.344 e. The molecule has 1 atom stereocenters. The van der Waals surface area contributed by atoms with Crippen molar-refractivity contribution in [1.82, 2.24) is 20.1 Å². The SMILES string of the molecule is CCc1ccc(-c2nc(S[C@@H](C)C(=O)N(C)CCC#N)n[nH]2)cc1. The van der Waals surface area contributed by atoms with Crippen molar-refractivity contribution in [1.29, 1.82) is 5.26 Å². The second kappa shape index (κ2) is 8.50. The Kier molecular flexibility index (Phi) is 6.38. The predicted octanol–water partition coefficient (Wildman–Crippen LogP) is 2.89. The van der Waals surface area contributed by atoms with Crippen molar-refractivity contribution in [3.05, 3.63) is 29.8 Å². The molecule has 0 aliphatic rings. The van der Waals surface area contributed by atoms with Crippen LogP contribution in [0.1, 0.15) is 25.8 Å². The Morgan fingerprint density at radius 3 is 2.75 bits per heavy atom. The van der Waals surface area contributed by atoms with Gasteiger partial charge in [0, 0.05) is 19.2 Å². The van der Waals surface area contributed by atoms with Gasteiger partial charge in [-0.2, -0.15) is 5.26 Å². The fourth-order valence-electron chi connectivity index (χ4n) is 2.17. The number of carbonyl (C=O) groups is 1. The number of nitrogens with zero attached hydrogens (tertiary/aromatic N) is 4. The molecule has 6 nitrogen and oxygen atoms in total. The minimum Gasteiger partial charge on any atom is -0.344 e. The number of aromatic nitrogens is 3. The number of nitriles is 1. The lowest BCUT2D eigenvalue weighted by Gasteiger charge is -2.18. The van der Waals surface area contributed by atoms with E-state index in [1.54, 1.807) is 11.9 Å². The standard InChI is InChI=1S/C17H21N5OS/c1-4-13-6-8-14(9-7-13)15-19-17(21-20-15)24-12(2)16(23)22(3)11-5-10-18/h6-9,12H,4-5,11H2,1-3H3,(H,19,20,21)/t12-/m0/s1. The Morgan fingerprint density at radius 1 is 1.42 bits per heavy atom. The van der Waals surface area contributed by atoms with E-state index >= 15 is 0 Å². The lowest BCUT2D eigenvalue weighted by molar-refractivity contribution is -0.128. The van der Waals surface area contributed by atoms with Crippen LogP contribution in [-0.4, -0.2) is 44.8 Å². The molecule has 0 aliphatic heterocycles. The summed E-state index contributed by atoms with van der Waals surface area (Å²) in [7, 11) is 1.70. The molecule has 126 valence electrons. The second-order valence-electron chi connectivity index (χ2n) is 5.45. The van der Waals surface area contributed by atoms with Crippen LogP contribution in [-0.2, 0) is 11.2 Å². The van der Waals surface area contributed by atoms with Gasteiger partial charge in [-0.1, -0.05) is 43.0 Å². The monoisotopic (exact) mass is 343 g/mol. The van der Waals surface area contributed by atoms with Crippen molar-refractivity contribution in [2.75, 3.05) is 13.6 Å². The molecule has 0 saturated heterocycles. The highest BCUT2D eigenvalue weighted by Crippen LogP contribution is 2.24. The Balaban J connectivity index is 2.00. The number of aromatic amines is 1. The van der Waals surface area contributed by atoms with E-state index < -0.39 is 0 Å². The van der Waals surface area contributed by atoms with Gasteiger partial charge in [-0.3, -0.25) is 9.89 Å². The van der Waals surface area contributed by atoms with Crippen molar-refractivity contribution >= 4 is 17.7 Å². The number of benzene rings is 1. The van der Waals surface area contributed by atoms with E-state index in [0.717, 1.165) is 12.0 Å². The molecule has 1 aromatic heterocycles. The van der Waals surface area contributed by atoms with Crippen LogP contribution in [0.2, 0.25) is 0 Å². The zero-order chi connectivity index (χ0) is 17.5. The minimum absolute atomic E-state index is 0.0334. The van der Waals surface area contributed by atoms with Crippen LogP contribution >= 0.6 is 11.8 Å². The van der Waals surface area contributed by atoms with E-state index in [9.17, 15) is 4.79 Å². The first-order valence-electron chi connectivity index (χ1n) is 7.85. The van der Waals surface area contributed by atoms with Gasteiger partial charge in [0.1, 0.15) is 0 Å². The quantitative estimate of drug-likeness (QED) is 0.781. The fourth-order valence-corrected chi connectivity index (χ4v) is 3.01. The number of amides is 1. The summed E-state index contributed by atoms with van der Waals surface area (Å²) >= 11 is 1.31. The van der Waals surface area contributed by atoms with Crippen LogP contribution in [0.5, 0.6) is 0 Å². The lowest BCUT2D eigenvalue weighted by Crippen LogP contribution is -2.33. The van der Waals surface area contributed by atoms with Crippen molar-refractivity contribution in [3.8, 4) is 17.5 Å². The van der Waals surface area contributed by atoms with Gasteiger partial charge >= 0.3 is 0 Å². The summed E-state index contributed by atoms with van der Waals surface area (Å²) in [5.41, 5.74) is 2.24. The minimum atomic E-state index is -0.306. The molecule has 1 amide bonds. The summed E-state index contributed by atoms with van der Waals surface area (Å²) in [5, 5.41) is 15.9. The molecule has 0 fully saturated rings. The van der Waals surface area contributed by atoms with Gasteiger partial charge in [0.2, 0.25) is 11.1 Å². The molecule has 2 rings (SSSR count). The smallest absolute Gasteiger partial charge is 0.235 e. The van der Waals surface area contributed by atoms with Gasteiger partial charge < -0.3 is 4.90 Å². The van der Waals surface area contributed by atoms with Gasteiger partial charge in [-0.25, -0.2) is 4.98 Å². The zero-order valence-electron chi connectivity index (χ0n) is 14.1. The molecule has 1 aromatic carbocycles. The Hall–Kier alpha value is -2.33. The number of rotatable bonds is 7. The molecule has 0 unspecified atom stereocenters. The Labute approximate surface area is 146 Å². The summed E-state index contributed by atoms with van der Waals surface area (Å²) < 4.78 is 0. The van der Waals surface area contributed by atoms with E-state index in [1.165, 1.54) is 17.3 Å². The summed E-state index contributed by atoms with van der Waals surface area (Å²) in [6, 6.07) is 10.2. The third-order valence-electron chi connectivity index (χ3n) is 3.67. The maximum absolute atomic E-state index is 12.2. The molecular weight excluding hydrogens is 322 g/mol. The molecule has 1 N–H and O–H groups in total. The summed E-state index contributed by atoms with van der Waals surface area (Å²) in [6.07, 6.45) is 1.33. The number of carbonyl (C=O) groups excluding carboxylic acids is 1. The van der Waals surface area contributed by atoms with E-state index in [1.807, 2.05) is 25.1 Å². The number of hydrogen-bond acceptors (Lipinski definition) is 5. The van der Waals surface area contributed by atoms with E-state index in [2.05, 4.69) is 34.2 Å². The average molecular weight is 343 g/mol. The third-order valence-corrected chi connectivity index (χ3v) is 4.61. The lowest BCUT2D eigenvalue weighted by atomic mass is 10.1. The molecule has 24 heavy (non-hydrogen) atoms. The van der Waals surface area contributed by atoms with E-state index in [4.69, 9.17) is 5.26 Å². The van der Waals surface area contributed by atoms with Crippen LogP contribution in [0.25, 0.3) is 11.4 Å². The van der Waals surface area contributed by atoms with E-state index in [0.29, 0.717) is 23.9 Å². The molecule has 0 aliphatic carbocycles. The first-order chi connectivity index (χ1) is 11.5. The van der Waals surface area contributed by atoms with Crippen LogP contribution in [0.4, 0.5) is 0 Å². The van der Waals surface area contributed by atoms with Crippen LogP contribution in [0.15, 0.2) is 29.4 Å². The number of hydrogen-bond donors (Lipinski definition) is 1. The van der Waals surface area contributed by atoms with Crippen molar-refractivity contribution in [3.63, 3.8) is 0 Å². The first kappa shape index (κ1) is 18.0. The Bertz CT molecular complexity index is 719. The highest BCUT2D eigenvalue weighted by molar-refractivity contribution is 8.00. The predicted molar refractivity (Wildman–Crippen MR) is 94.4 cm³/mol. The maximum Gasteiger partial charge on any atom is 0.235 e. The van der Waals surface area contributed by atoms with E-state index in [-0.39, 0.29) is 11.2 Å². The molecule has 2 aromatic rings. The third kappa shape index (κ3) is 4.59. The number of H-pyrrole nitrogens is 1. The molecule has 0 radical (unpaired) electrons. The molecular formula is C17H21N5OS. The average Bonchev–Trinajstić information content (AvgIpc) is 3.07. The topological polar surface area (TPSA) is 85.7 Å². The molecule has 1 heterocycles. The van der Waals surface area contributed by atoms with Crippen LogP contribution < -0.4 is 0 Å². The van der Waals surface area contributed by atoms with Crippen LogP contribution in [0.3, 0.4) is 0 Å². The molecule has 0 spiro atoms. The normalized spacial score (nSPS) is 11.8. The van der Waals surface area contributed by atoms with Gasteiger partial charge in [0.25, 0.3) is 0 Å². The zero-order valence-corrected chi connectivity index (χ0v) is 14.9.